The minimum Gasteiger partial charge on any atom is -0.357 e. The molecule has 0 saturated carbocycles. The van der Waals surface area contributed by atoms with Gasteiger partial charge in [-0.2, -0.15) is 15.0 Å². The van der Waals surface area contributed by atoms with Crippen molar-refractivity contribution in [1.82, 2.24) is 19.9 Å². The van der Waals surface area contributed by atoms with Crippen LogP contribution >= 0.6 is 0 Å². The van der Waals surface area contributed by atoms with E-state index in [0.717, 1.165) is 32.1 Å². The first-order valence-electron chi connectivity index (χ1n) is 7.06. The van der Waals surface area contributed by atoms with Gasteiger partial charge in [-0.3, -0.25) is 4.98 Å². The summed E-state index contributed by atoms with van der Waals surface area (Å²) in [4.78, 5) is 19.2. The molecule has 3 rings (SSSR count). The fourth-order valence-corrected chi connectivity index (χ4v) is 2.38. The Bertz CT molecular complexity index is 627. The van der Waals surface area contributed by atoms with E-state index in [9.17, 15) is 4.39 Å². The monoisotopic (exact) mass is 288 g/mol. The van der Waals surface area contributed by atoms with E-state index in [1.165, 1.54) is 12.5 Å². The molecule has 0 spiro atoms. The maximum absolute atomic E-state index is 13.3. The largest absolute Gasteiger partial charge is 0.357 e. The van der Waals surface area contributed by atoms with Crippen molar-refractivity contribution in [3.63, 3.8) is 0 Å². The number of rotatable bonds is 3. The second kappa shape index (κ2) is 5.99. The number of piperidine rings is 1. The SMILES string of the molecule is CNc1nc(-c2cncc(F)c2)nc(N2CCCCC2)n1. The van der Waals surface area contributed by atoms with Gasteiger partial charge in [0.2, 0.25) is 11.9 Å². The van der Waals surface area contributed by atoms with Crippen LogP contribution in [0, 0.1) is 5.82 Å². The normalized spacial score (nSPS) is 15.0. The van der Waals surface area contributed by atoms with Gasteiger partial charge in [0.1, 0.15) is 5.82 Å². The Morgan fingerprint density at radius 1 is 1.10 bits per heavy atom. The molecular formula is C14H17FN6. The van der Waals surface area contributed by atoms with Gasteiger partial charge in [0.25, 0.3) is 0 Å². The van der Waals surface area contributed by atoms with Gasteiger partial charge in [-0.15, -0.1) is 0 Å². The van der Waals surface area contributed by atoms with Crippen molar-refractivity contribution >= 4 is 11.9 Å². The molecule has 2 aromatic heterocycles. The number of halogens is 1. The molecule has 0 aliphatic carbocycles. The zero-order valence-electron chi connectivity index (χ0n) is 11.9. The van der Waals surface area contributed by atoms with E-state index in [0.29, 0.717) is 23.3 Å². The van der Waals surface area contributed by atoms with Gasteiger partial charge in [-0.1, -0.05) is 0 Å². The van der Waals surface area contributed by atoms with Crippen LogP contribution in [0.4, 0.5) is 16.3 Å². The number of hydrogen-bond donors (Lipinski definition) is 1. The van der Waals surface area contributed by atoms with Gasteiger partial charge in [-0.25, -0.2) is 4.39 Å². The van der Waals surface area contributed by atoms with Crippen molar-refractivity contribution in [2.75, 3.05) is 30.4 Å². The molecule has 1 saturated heterocycles. The Morgan fingerprint density at radius 3 is 2.62 bits per heavy atom. The van der Waals surface area contributed by atoms with Crippen LogP contribution in [0.15, 0.2) is 18.5 Å². The highest BCUT2D eigenvalue weighted by Gasteiger charge is 2.16. The number of aromatic nitrogens is 4. The molecule has 0 amide bonds. The van der Waals surface area contributed by atoms with Gasteiger partial charge < -0.3 is 10.2 Å². The molecule has 1 N–H and O–H groups in total. The maximum Gasteiger partial charge on any atom is 0.230 e. The van der Waals surface area contributed by atoms with Crippen molar-refractivity contribution in [2.24, 2.45) is 0 Å². The molecule has 6 nitrogen and oxygen atoms in total. The smallest absolute Gasteiger partial charge is 0.230 e. The highest BCUT2D eigenvalue weighted by molar-refractivity contribution is 5.57. The molecule has 0 unspecified atom stereocenters. The van der Waals surface area contributed by atoms with Gasteiger partial charge >= 0.3 is 0 Å². The lowest BCUT2D eigenvalue weighted by Gasteiger charge is -2.26. The summed E-state index contributed by atoms with van der Waals surface area (Å²) < 4.78 is 13.3. The number of pyridine rings is 1. The van der Waals surface area contributed by atoms with Crippen molar-refractivity contribution in [1.29, 1.82) is 0 Å². The number of nitrogens with zero attached hydrogens (tertiary/aromatic N) is 5. The second-order valence-electron chi connectivity index (χ2n) is 4.97. The fourth-order valence-electron chi connectivity index (χ4n) is 2.38. The summed E-state index contributed by atoms with van der Waals surface area (Å²) in [5.41, 5.74) is 0.548. The van der Waals surface area contributed by atoms with Crippen LogP contribution in [0.25, 0.3) is 11.4 Å². The summed E-state index contributed by atoms with van der Waals surface area (Å²) in [5, 5.41) is 2.93. The first kappa shape index (κ1) is 13.7. The van der Waals surface area contributed by atoms with Gasteiger partial charge in [0.15, 0.2) is 5.82 Å². The lowest BCUT2D eigenvalue weighted by Crippen LogP contribution is -2.31. The molecule has 110 valence electrons. The minimum absolute atomic E-state index is 0.404. The molecule has 1 fully saturated rings. The predicted molar refractivity (Wildman–Crippen MR) is 78.6 cm³/mol. The number of hydrogen-bond acceptors (Lipinski definition) is 6. The Balaban J connectivity index is 2.00. The maximum atomic E-state index is 13.3. The topological polar surface area (TPSA) is 66.8 Å². The Kier molecular flexibility index (Phi) is 3.89. The third-order valence-corrected chi connectivity index (χ3v) is 3.45. The molecule has 0 atom stereocenters. The van der Waals surface area contributed by atoms with E-state index in [-0.39, 0.29) is 0 Å². The van der Waals surface area contributed by atoms with E-state index in [1.807, 2.05) is 0 Å². The average Bonchev–Trinajstić information content (AvgIpc) is 2.55. The zero-order chi connectivity index (χ0) is 14.7. The first-order valence-corrected chi connectivity index (χ1v) is 7.06. The Hall–Kier alpha value is -2.31. The quantitative estimate of drug-likeness (QED) is 0.933. The predicted octanol–water partition coefficient (Wildman–Crippen LogP) is 2.10. The van der Waals surface area contributed by atoms with Crippen molar-refractivity contribution < 1.29 is 4.39 Å². The summed E-state index contributed by atoms with van der Waals surface area (Å²) >= 11 is 0. The van der Waals surface area contributed by atoms with E-state index < -0.39 is 5.82 Å². The van der Waals surface area contributed by atoms with Crippen LogP contribution in [0.2, 0.25) is 0 Å². The van der Waals surface area contributed by atoms with Crippen LogP contribution in [-0.4, -0.2) is 40.1 Å². The van der Waals surface area contributed by atoms with E-state index >= 15 is 0 Å². The number of anilines is 2. The van der Waals surface area contributed by atoms with Crippen molar-refractivity contribution in [2.45, 2.75) is 19.3 Å². The molecule has 1 aliphatic rings. The highest BCUT2D eigenvalue weighted by Crippen LogP contribution is 2.21. The van der Waals surface area contributed by atoms with Crippen LogP contribution < -0.4 is 10.2 Å². The van der Waals surface area contributed by atoms with Crippen LogP contribution in [0.3, 0.4) is 0 Å². The van der Waals surface area contributed by atoms with Crippen molar-refractivity contribution in [3.8, 4) is 11.4 Å². The Morgan fingerprint density at radius 2 is 1.90 bits per heavy atom. The van der Waals surface area contributed by atoms with E-state index in [2.05, 4.69) is 30.2 Å². The summed E-state index contributed by atoms with van der Waals surface area (Å²) in [6.45, 7) is 1.88. The van der Waals surface area contributed by atoms with Crippen LogP contribution in [0.5, 0.6) is 0 Å². The molecule has 21 heavy (non-hydrogen) atoms. The standard InChI is InChI=1S/C14H17FN6/c1-16-13-18-12(10-7-11(15)9-17-8-10)19-14(20-13)21-5-3-2-4-6-21/h7-9H,2-6H2,1H3,(H,16,18,19,20). The van der Waals surface area contributed by atoms with Gasteiger partial charge in [0, 0.05) is 31.9 Å². The summed E-state index contributed by atoms with van der Waals surface area (Å²) in [6.07, 6.45) is 6.23. The molecule has 3 heterocycles. The molecule has 2 aromatic rings. The lowest BCUT2D eigenvalue weighted by molar-refractivity contribution is 0.568. The minimum atomic E-state index is -0.404. The zero-order valence-corrected chi connectivity index (χ0v) is 11.9. The van der Waals surface area contributed by atoms with Crippen LogP contribution in [0.1, 0.15) is 19.3 Å². The summed E-state index contributed by atoms with van der Waals surface area (Å²) in [5.74, 6) is 1.14. The van der Waals surface area contributed by atoms with Gasteiger partial charge in [-0.05, 0) is 25.3 Å². The van der Waals surface area contributed by atoms with Crippen molar-refractivity contribution in [3.05, 3.63) is 24.3 Å². The highest BCUT2D eigenvalue weighted by atomic mass is 19.1. The molecule has 1 aliphatic heterocycles. The molecular weight excluding hydrogens is 271 g/mol. The second-order valence-corrected chi connectivity index (χ2v) is 4.97. The van der Waals surface area contributed by atoms with Gasteiger partial charge in [0.05, 0.1) is 6.20 Å². The third kappa shape index (κ3) is 3.07. The van der Waals surface area contributed by atoms with Crippen LogP contribution in [-0.2, 0) is 0 Å². The lowest BCUT2D eigenvalue weighted by atomic mass is 10.1. The van der Waals surface area contributed by atoms with E-state index in [1.54, 1.807) is 13.2 Å². The molecule has 7 heteroatoms. The number of nitrogens with one attached hydrogen (secondary N) is 1. The summed E-state index contributed by atoms with van der Waals surface area (Å²) in [7, 11) is 1.75. The first-order chi connectivity index (χ1) is 10.3. The van der Waals surface area contributed by atoms with E-state index in [4.69, 9.17) is 0 Å². The Labute approximate surface area is 122 Å². The molecule has 0 bridgehead atoms. The summed E-state index contributed by atoms with van der Waals surface area (Å²) in [6, 6.07) is 1.38. The average molecular weight is 288 g/mol. The fraction of sp³-hybridized carbons (Fsp3) is 0.429. The molecule has 0 radical (unpaired) electrons. The molecule has 0 aromatic carbocycles. The third-order valence-electron chi connectivity index (χ3n) is 3.45.